The van der Waals surface area contributed by atoms with Crippen molar-refractivity contribution in [1.82, 2.24) is 9.88 Å². The van der Waals surface area contributed by atoms with Gasteiger partial charge in [-0.3, -0.25) is 0 Å². The maximum Gasteiger partial charge on any atom is 0.230 e. The van der Waals surface area contributed by atoms with Gasteiger partial charge in [0.05, 0.1) is 28.1 Å². The lowest BCUT2D eigenvalue weighted by molar-refractivity contribution is 0.386. The number of halogens is 2. The lowest BCUT2D eigenvalue weighted by Crippen LogP contribution is -2.18. The fourth-order valence-corrected chi connectivity index (χ4v) is 4.66. The third-order valence-corrected chi connectivity index (χ3v) is 6.73. The number of ether oxygens (including phenoxy) is 1. The second kappa shape index (κ2) is 9.64. The first kappa shape index (κ1) is 24.9. The molecule has 0 saturated heterocycles. The molecule has 178 valence electrons. The van der Waals surface area contributed by atoms with Crippen molar-refractivity contribution in [1.29, 1.82) is 0 Å². The summed E-state index contributed by atoms with van der Waals surface area (Å²) in [6.45, 7) is 13.1. The second-order valence-electron chi connectivity index (χ2n) is 7.74. The highest BCUT2D eigenvalue weighted by molar-refractivity contribution is 8.01. The number of benzene rings is 1. The largest absolute Gasteiger partial charge is 0.480 e. The van der Waals surface area contributed by atoms with Crippen molar-refractivity contribution in [3.63, 3.8) is 0 Å². The van der Waals surface area contributed by atoms with Crippen LogP contribution in [0.25, 0.3) is 5.57 Å². The molecule has 9 heteroatoms. The van der Waals surface area contributed by atoms with Crippen molar-refractivity contribution in [2.75, 3.05) is 11.8 Å². The molecule has 1 atom stereocenters. The van der Waals surface area contributed by atoms with Crippen molar-refractivity contribution >= 4 is 33.1 Å². The zero-order chi connectivity index (χ0) is 25.2. The maximum absolute atomic E-state index is 15.6. The normalized spacial score (nSPS) is 16.4. The number of methoxy groups -OCH3 is 1. The molecule has 1 unspecified atom stereocenters. The summed E-state index contributed by atoms with van der Waals surface area (Å²) in [5.41, 5.74) is 1.96. The monoisotopic (exact) mass is 484 g/mol. The molecule has 3 rings (SSSR count). The zero-order valence-electron chi connectivity index (χ0n) is 19.5. The number of hydrogen-bond donors (Lipinski definition) is 1. The molecule has 0 spiro atoms. The number of aryl methyl sites for hydroxylation is 1. The molecular formula is C25H26F2N4O2S. The molecule has 2 heterocycles. The van der Waals surface area contributed by atoms with Crippen LogP contribution in [0.1, 0.15) is 25.0 Å². The molecule has 6 nitrogen and oxygen atoms in total. The highest BCUT2D eigenvalue weighted by Crippen LogP contribution is 2.33. The summed E-state index contributed by atoms with van der Waals surface area (Å²) in [5, 5.41) is 0. The average molecular weight is 485 g/mol. The molecule has 0 fully saturated rings. The second-order valence-corrected chi connectivity index (χ2v) is 9.74. The SMILES string of the molecule is C=CN1C=C(c2c(F)ccc(NS(=C)(=O)c3cc(C)cnc3OC)c2F)C=N/C1=C(/C)C(=C)C. The smallest absolute Gasteiger partial charge is 0.230 e. The third-order valence-electron chi connectivity index (χ3n) is 5.18. The summed E-state index contributed by atoms with van der Waals surface area (Å²) in [6, 6.07) is 3.84. The van der Waals surface area contributed by atoms with Crippen LogP contribution in [0.2, 0.25) is 0 Å². The number of aliphatic imine (C=N–C) groups is 1. The molecule has 1 aromatic heterocycles. The Morgan fingerprint density at radius 2 is 2.00 bits per heavy atom. The Kier molecular flexibility index (Phi) is 7.07. The predicted molar refractivity (Wildman–Crippen MR) is 135 cm³/mol. The standard InChI is InChI=1S/C25H26F2N4O2S/c1-8-31-14-18(13-28-24(31)17(5)15(2)3)22-19(26)9-10-20(23(22)27)30-34(7,32)21-11-16(4)12-29-25(21)33-6/h8-14H,1-2,7H2,3-6H3,(H,30,32)/b24-17+. The van der Waals surface area contributed by atoms with Crippen LogP contribution < -0.4 is 9.46 Å². The van der Waals surface area contributed by atoms with Crippen LogP contribution in [0.4, 0.5) is 14.5 Å². The van der Waals surface area contributed by atoms with Gasteiger partial charge in [-0.2, -0.15) is 0 Å². The van der Waals surface area contributed by atoms with E-state index in [1.165, 1.54) is 25.7 Å². The number of nitrogens with zero attached hydrogens (tertiary/aromatic N) is 3. The number of hydrogen-bond acceptors (Lipinski definition) is 5. The Morgan fingerprint density at radius 1 is 1.29 bits per heavy atom. The summed E-state index contributed by atoms with van der Waals surface area (Å²) in [4.78, 5) is 10.2. The van der Waals surface area contributed by atoms with Crippen LogP contribution in [0.15, 0.2) is 76.8 Å². The molecule has 0 bridgehead atoms. The summed E-state index contributed by atoms with van der Waals surface area (Å²) < 4.78 is 51.6. The Bertz CT molecular complexity index is 1380. The molecule has 0 aliphatic carbocycles. The van der Waals surface area contributed by atoms with Crippen LogP contribution in [0.3, 0.4) is 0 Å². The summed E-state index contributed by atoms with van der Waals surface area (Å²) >= 11 is 0. The maximum atomic E-state index is 15.6. The Hall–Kier alpha value is -3.72. The van der Waals surface area contributed by atoms with E-state index in [0.717, 1.165) is 28.8 Å². The first-order valence-electron chi connectivity index (χ1n) is 10.2. The molecule has 34 heavy (non-hydrogen) atoms. The van der Waals surface area contributed by atoms with Crippen LogP contribution in [0.5, 0.6) is 5.88 Å². The first-order valence-corrected chi connectivity index (χ1v) is 11.9. The van der Waals surface area contributed by atoms with Gasteiger partial charge in [-0.15, -0.1) is 0 Å². The predicted octanol–water partition coefficient (Wildman–Crippen LogP) is 5.46. The van der Waals surface area contributed by atoms with Crippen molar-refractivity contribution in [3.05, 3.63) is 89.7 Å². The molecule has 0 radical (unpaired) electrons. The summed E-state index contributed by atoms with van der Waals surface area (Å²) in [5.74, 6) is 2.61. The van der Waals surface area contributed by atoms with E-state index in [9.17, 15) is 8.60 Å². The topological polar surface area (TPSA) is 66.8 Å². The van der Waals surface area contributed by atoms with Crippen molar-refractivity contribution in [2.45, 2.75) is 25.7 Å². The van der Waals surface area contributed by atoms with E-state index in [-0.39, 0.29) is 27.6 Å². The molecule has 1 N–H and O–H groups in total. The fraction of sp³-hybridized carbons (Fsp3) is 0.160. The van der Waals surface area contributed by atoms with Gasteiger partial charge in [0.15, 0.2) is 5.82 Å². The lowest BCUT2D eigenvalue weighted by Gasteiger charge is -2.24. The quantitative estimate of drug-likeness (QED) is 0.530. The number of nitrogens with one attached hydrogen (secondary N) is 1. The fourth-order valence-electron chi connectivity index (χ4n) is 3.24. The Morgan fingerprint density at radius 3 is 2.62 bits per heavy atom. The van der Waals surface area contributed by atoms with E-state index in [1.54, 1.807) is 24.1 Å². The zero-order valence-corrected chi connectivity index (χ0v) is 20.3. The minimum atomic E-state index is -3.30. The average Bonchev–Trinajstić information content (AvgIpc) is 2.80. The lowest BCUT2D eigenvalue weighted by atomic mass is 10.0. The number of pyridine rings is 1. The van der Waals surface area contributed by atoms with Gasteiger partial charge in [0.1, 0.15) is 16.5 Å². The number of aromatic nitrogens is 1. The molecular weight excluding hydrogens is 458 g/mol. The van der Waals surface area contributed by atoms with E-state index < -0.39 is 21.3 Å². The van der Waals surface area contributed by atoms with Gasteiger partial charge in [-0.05, 0) is 56.0 Å². The molecule has 2 aromatic rings. The Balaban J connectivity index is 2.07. The van der Waals surface area contributed by atoms with Gasteiger partial charge in [-0.1, -0.05) is 18.7 Å². The van der Waals surface area contributed by atoms with E-state index in [1.807, 2.05) is 13.8 Å². The van der Waals surface area contributed by atoms with Crippen molar-refractivity contribution in [3.8, 4) is 5.88 Å². The minimum Gasteiger partial charge on any atom is -0.480 e. The van der Waals surface area contributed by atoms with E-state index in [4.69, 9.17) is 4.74 Å². The van der Waals surface area contributed by atoms with Gasteiger partial charge in [-0.25, -0.2) is 23.0 Å². The number of rotatable bonds is 7. The Labute approximate surface area is 198 Å². The molecule has 0 saturated carbocycles. The van der Waals surface area contributed by atoms with Gasteiger partial charge in [0.2, 0.25) is 5.88 Å². The van der Waals surface area contributed by atoms with Crippen LogP contribution >= 0.6 is 0 Å². The van der Waals surface area contributed by atoms with Gasteiger partial charge >= 0.3 is 0 Å². The van der Waals surface area contributed by atoms with E-state index in [0.29, 0.717) is 5.82 Å². The van der Waals surface area contributed by atoms with Gasteiger partial charge in [0, 0.05) is 30.4 Å². The number of allylic oxidation sites excluding steroid dienone is 3. The van der Waals surface area contributed by atoms with Crippen molar-refractivity contribution in [2.24, 2.45) is 4.99 Å². The summed E-state index contributed by atoms with van der Waals surface area (Å²) in [6.07, 6.45) is 5.91. The third kappa shape index (κ3) is 4.79. The van der Waals surface area contributed by atoms with E-state index >= 15 is 4.39 Å². The highest BCUT2D eigenvalue weighted by Gasteiger charge is 2.23. The molecule has 1 aliphatic rings. The molecule has 1 aliphatic heterocycles. The summed E-state index contributed by atoms with van der Waals surface area (Å²) in [7, 11) is -1.92. The van der Waals surface area contributed by atoms with Crippen LogP contribution in [0, 0.1) is 18.6 Å². The number of anilines is 1. The van der Waals surface area contributed by atoms with Crippen LogP contribution in [-0.2, 0) is 9.71 Å². The van der Waals surface area contributed by atoms with Crippen LogP contribution in [-0.4, -0.2) is 33.3 Å². The molecule has 1 aromatic carbocycles. The molecule has 0 amide bonds. The minimum absolute atomic E-state index is 0.0942. The van der Waals surface area contributed by atoms with Gasteiger partial charge < -0.3 is 14.4 Å². The van der Waals surface area contributed by atoms with Crippen molar-refractivity contribution < 1.29 is 17.7 Å². The first-order chi connectivity index (χ1) is 16.0. The van der Waals surface area contributed by atoms with E-state index in [2.05, 4.69) is 33.7 Å². The van der Waals surface area contributed by atoms with Gasteiger partial charge in [0.25, 0.3) is 0 Å². The highest BCUT2D eigenvalue weighted by atomic mass is 32.2.